The van der Waals surface area contributed by atoms with E-state index in [4.69, 9.17) is 17.2 Å². The van der Waals surface area contributed by atoms with Crippen molar-refractivity contribution in [1.29, 1.82) is 0 Å². The molecule has 0 bridgehead atoms. The van der Waals surface area contributed by atoms with Gasteiger partial charge in [0.1, 0.15) is 45.8 Å². The van der Waals surface area contributed by atoms with Crippen molar-refractivity contribution >= 4 is 96.1 Å². The third-order valence-corrected chi connectivity index (χ3v) is 23.2. The lowest BCUT2D eigenvalue weighted by Crippen LogP contribution is -2.54. The van der Waals surface area contributed by atoms with Gasteiger partial charge >= 0.3 is 0 Å². The number of amides is 12. The quantitative estimate of drug-likeness (QED) is 0.0153. The highest BCUT2D eigenvalue weighted by Crippen LogP contribution is 2.31. The monoisotopic (exact) mass is 1740 g/mol. The van der Waals surface area contributed by atoms with E-state index in [1.165, 1.54) is 53.9 Å². The number of primary amides is 1. The Bertz CT molecular complexity index is 4750. The van der Waals surface area contributed by atoms with Crippen LogP contribution in [0.15, 0.2) is 243 Å². The number of hydrogen-bond acceptors (Lipinski definition) is 17. The number of nitrogens with two attached hydrogens (primary N) is 3. The maximum atomic E-state index is 15.8. The fourth-order valence-corrected chi connectivity index (χ4v) is 15.6. The van der Waals surface area contributed by atoms with Gasteiger partial charge in [0.2, 0.25) is 70.9 Å². The molecule has 0 spiro atoms. The van der Waals surface area contributed by atoms with Crippen LogP contribution in [0.3, 0.4) is 0 Å². The Morgan fingerprint density at radius 1 is 0.248 bits per heavy atom. The van der Waals surface area contributed by atoms with Crippen molar-refractivity contribution < 1.29 is 57.5 Å². The van der Waals surface area contributed by atoms with Crippen molar-refractivity contribution in [3.05, 3.63) is 287 Å². The predicted octanol–water partition coefficient (Wildman–Crippen LogP) is 9.04. The Hall–Kier alpha value is -12.0. The summed E-state index contributed by atoms with van der Waals surface area (Å²) >= 11 is 9.08. The highest BCUT2D eigenvalue weighted by atomic mass is 32.1. The van der Waals surface area contributed by atoms with Crippen LogP contribution >= 0.6 is 25.3 Å². The molecule has 8 aromatic rings. The van der Waals surface area contributed by atoms with E-state index in [-0.39, 0.29) is 56.7 Å². The van der Waals surface area contributed by atoms with Gasteiger partial charge < -0.3 is 76.4 Å². The molecule has 0 unspecified atom stereocenters. The fourth-order valence-electron chi connectivity index (χ4n) is 15.1. The molecule has 7 N–H and O–H groups in total. The van der Waals surface area contributed by atoms with E-state index in [0.717, 1.165) is 11.1 Å². The molecule has 0 aromatic heterocycles. The summed E-state index contributed by atoms with van der Waals surface area (Å²) in [4.78, 5) is 195. The molecular weight excluding hydrogens is 1620 g/mol. The van der Waals surface area contributed by atoms with Gasteiger partial charge in [-0.1, -0.05) is 243 Å². The summed E-state index contributed by atoms with van der Waals surface area (Å²) in [6.07, 6.45) is 0. The second-order valence-electron chi connectivity index (χ2n) is 31.0. The van der Waals surface area contributed by atoms with E-state index >= 15 is 43.2 Å². The number of nitrogens with one attached hydrogen (secondary N) is 1. The number of thiol groups is 2. The zero-order chi connectivity index (χ0) is 90.7. The van der Waals surface area contributed by atoms with Gasteiger partial charge in [0.05, 0.1) is 81.1 Å². The van der Waals surface area contributed by atoms with E-state index in [1.54, 1.807) is 206 Å². The van der Waals surface area contributed by atoms with Gasteiger partial charge in [0.25, 0.3) is 0 Å². The molecular formula is C96H121N15O12S2. The molecule has 0 radical (unpaired) electrons. The number of rotatable bonds is 48. The van der Waals surface area contributed by atoms with Gasteiger partial charge in [-0.2, -0.15) is 25.3 Å². The smallest absolute Gasteiger partial charge is 0.243 e. The van der Waals surface area contributed by atoms with Gasteiger partial charge in [0, 0.05) is 50.8 Å². The first-order valence-electron chi connectivity index (χ1n) is 42.3. The van der Waals surface area contributed by atoms with Gasteiger partial charge in [-0.05, 0) is 99.9 Å². The summed E-state index contributed by atoms with van der Waals surface area (Å²) in [7, 11) is 0. The minimum Gasteiger partial charge on any atom is -0.368 e. The maximum Gasteiger partial charge on any atom is 0.243 e. The highest BCUT2D eigenvalue weighted by molar-refractivity contribution is 7.80. The average Bonchev–Trinajstić information content (AvgIpc) is 0.822. The zero-order valence-electron chi connectivity index (χ0n) is 72.8. The first-order valence-corrected chi connectivity index (χ1v) is 43.6. The molecule has 8 aromatic carbocycles. The lowest BCUT2D eigenvalue weighted by atomic mass is 10.0. The summed E-state index contributed by atoms with van der Waals surface area (Å²) in [5.74, 6) is -7.51. The third-order valence-electron chi connectivity index (χ3n) is 22.8. The molecule has 0 aliphatic carbocycles. The van der Waals surface area contributed by atoms with Gasteiger partial charge in [-0.3, -0.25) is 57.5 Å². The van der Waals surface area contributed by atoms with Crippen LogP contribution in [0, 0.1) is 0 Å². The Morgan fingerprint density at radius 3 is 0.608 bits per heavy atom. The molecule has 664 valence electrons. The standard InChI is InChI=1S/C96H121N15O12S2/c1-69(77-33-17-9-18-34-77)104(58-85(99)112)93(120)66-109(74(6)82-43-27-14-28-44-82)91(118)60-102(53-55-124)89(116)64-108(73(5)81-41-25-13-26-42-81)96(123)67-110(75(7)83-45-29-15-30-46-83)90(117)59-101(52-50-98)87(114)62-106(71(3)79-37-21-11-22-38-79)95(122)68-111(76(8)84-47-31-16-32-48-84)92(119)61-103(54-56-125)88(115)63-107(72(4)80-39-23-12-24-40-80)94(121)65-105(86(113)57-100-51-49-97)70(2)78-35-19-10-20-36-78/h9-48,69-76,100,124-125H,49-68,97-98H2,1-8H3,(H2,99,112)/t69-,70-,71-,72-,73-,74-,75-,76-/m0/s1. The largest absolute Gasteiger partial charge is 0.368 e. The third kappa shape index (κ3) is 28.5. The molecule has 8 atom stereocenters. The minimum atomic E-state index is -0.860. The molecule has 0 saturated carbocycles. The molecule has 0 aliphatic rings. The van der Waals surface area contributed by atoms with E-state index in [1.807, 2.05) is 91.9 Å². The van der Waals surface area contributed by atoms with Crippen LogP contribution in [0.5, 0.6) is 0 Å². The van der Waals surface area contributed by atoms with Crippen molar-refractivity contribution in [3.8, 4) is 0 Å². The number of carbonyl (C=O) groups excluding carboxylic acids is 12. The lowest BCUT2D eigenvalue weighted by molar-refractivity contribution is -0.151. The van der Waals surface area contributed by atoms with Gasteiger partial charge in [-0.15, -0.1) is 0 Å². The highest BCUT2D eigenvalue weighted by Gasteiger charge is 2.39. The normalized spacial score (nSPS) is 13.0. The number of hydrogen-bond donors (Lipinski definition) is 6. The molecule has 0 saturated heterocycles. The second kappa shape index (κ2) is 50.1. The maximum absolute atomic E-state index is 15.8. The summed E-state index contributed by atoms with van der Waals surface area (Å²) in [5.41, 5.74) is 23.2. The fraction of sp³-hybridized carbons (Fsp3) is 0.375. The van der Waals surface area contributed by atoms with Crippen molar-refractivity contribution in [3.63, 3.8) is 0 Å². The SMILES string of the molecule is C[C@@H](c1ccccc1)N(CC(N)=O)C(=O)CN(C(=O)CN(CCS)C(=O)CN(C(=O)CN(C(=O)CN(CCN)C(=O)CN(C(=O)CN(C(=O)CN(CCS)C(=O)CN(C(=O)CN(C(=O)CNCCN)[C@@H](C)c1ccccc1)[C@@H](C)c1ccccc1)[C@@H](C)c1ccccc1)[C@@H](C)c1ccccc1)[C@@H](C)c1ccccc1)[C@@H](C)c1ccccc1)[C@@H](C)c1ccccc1. The molecule has 27 nitrogen and oxygen atoms in total. The molecule has 8 rings (SSSR count). The van der Waals surface area contributed by atoms with Crippen LogP contribution in [-0.2, 0) is 57.5 Å². The van der Waals surface area contributed by atoms with Crippen molar-refractivity contribution in [2.24, 2.45) is 17.2 Å². The Balaban J connectivity index is 1.08. The van der Waals surface area contributed by atoms with E-state index in [2.05, 4.69) is 30.6 Å². The number of benzene rings is 8. The topological polar surface area (TPSA) is 331 Å². The van der Waals surface area contributed by atoms with Crippen molar-refractivity contribution in [2.75, 3.05) is 129 Å². The minimum absolute atomic E-state index is 0.0693. The summed E-state index contributed by atoms with van der Waals surface area (Å²) in [6.45, 7) is 7.79. The molecule has 125 heavy (non-hydrogen) atoms. The van der Waals surface area contributed by atoms with E-state index in [9.17, 15) is 14.4 Å². The van der Waals surface area contributed by atoms with Crippen molar-refractivity contribution in [1.82, 2.24) is 59.2 Å². The summed E-state index contributed by atoms with van der Waals surface area (Å²) in [5, 5.41) is 3.04. The first kappa shape index (κ1) is 98.4. The van der Waals surface area contributed by atoms with Crippen LogP contribution in [0.25, 0.3) is 0 Å². The Kier molecular flexibility index (Phi) is 39.4. The molecule has 0 heterocycles. The predicted molar refractivity (Wildman–Crippen MR) is 490 cm³/mol. The lowest BCUT2D eigenvalue weighted by Gasteiger charge is -2.38. The van der Waals surface area contributed by atoms with Crippen molar-refractivity contribution in [2.45, 2.75) is 104 Å². The zero-order valence-corrected chi connectivity index (χ0v) is 74.6. The van der Waals surface area contributed by atoms with Crippen LogP contribution in [0.1, 0.15) is 148 Å². The molecule has 0 aliphatic heterocycles. The van der Waals surface area contributed by atoms with Crippen LogP contribution in [-0.4, -0.2) is 254 Å². The van der Waals surface area contributed by atoms with Gasteiger partial charge in [0.15, 0.2) is 0 Å². The molecule has 0 fully saturated rings. The van der Waals surface area contributed by atoms with Crippen LogP contribution in [0.4, 0.5) is 0 Å². The van der Waals surface area contributed by atoms with Crippen LogP contribution in [0.2, 0.25) is 0 Å². The number of nitrogens with zero attached hydrogens (tertiary/aromatic N) is 11. The molecule has 12 amide bonds. The number of carbonyl (C=O) groups is 12. The second-order valence-corrected chi connectivity index (χ2v) is 31.9. The van der Waals surface area contributed by atoms with E-state index < -0.39 is 185 Å². The van der Waals surface area contributed by atoms with Crippen LogP contribution < -0.4 is 22.5 Å². The summed E-state index contributed by atoms with van der Waals surface area (Å²) < 4.78 is 0. The first-order chi connectivity index (χ1) is 60.1. The van der Waals surface area contributed by atoms with Gasteiger partial charge in [-0.25, -0.2) is 0 Å². The summed E-state index contributed by atoms with van der Waals surface area (Å²) in [6, 6.07) is 66.2. The average molecular weight is 1740 g/mol. The Morgan fingerprint density at radius 2 is 0.424 bits per heavy atom. The van der Waals surface area contributed by atoms with E-state index in [0.29, 0.717) is 39.9 Å². The molecule has 29 heteroatoms. The Labute approximate surface area is 746 Å².